The van der Waals surface area contributed by atoms with Crippen molar-refractivity contribution in [3.05, 3.63) is 35.6 Å². The summed E-state index contributed by atoms with van der Waals surface area (Å²) in [5, 5.41) is 19.4. The molecule has 2 aromatic rings. The summed E-state index contributed by atoms with van der Waals surface area (Å²) in [6.45, 7) is 5.49. The summed E-state index contributed by atoms with van der Waals surface area (Å²) in [7, 11) is 0. The molecule has 0 radical (unpaired) electrons. The van der Waals surface area contributed by atoms with Gasteiger partial charge in [0.25, 0.3) is 0 Å². The monoisotopic (exact) mass is 307 g/mol. The van der Waals surface area contributed by atoms with E-state index in [1.165, 1.54) is 6.26 Å². The molecule has 2 rings (SSSR count). The molecule has 7 nitrogen and oxygen atoms in total. The fraction of sp³-hybridized carbons (Fsp3) is 0.467. The molecule has 7 heteroatoms. The number of furan rings is 1. The first-order valence-corrected chi connectivity index (χ1v) is 7.25. The van der Waals surface area contributed by atoms with E-state index in [-0.39, 0.29) is 12.1 Å². The number of hydrogen-bond donors (Lipinski definition) is 3. The average molecular weight is 307 g/mol. The highest BCUT2D eigenvalue weighted by Crippen LogP contribution is 2.21. The van der Waals surface area contributed by atoms with Crippen LogP contribution in [0.25, 0.3) is 0 Å². The predicted molar refractivity (Wildman–Crippen MR) is 80.5 cm³/mol. The molecule has 2 aromatic heterocycles. The molecule has 120 valence electrons. The SMILES string of the molecule is CCc1noc(C)c1NC(=O)NC(C)CC(O)c1ccco1. The van der Waals surface area contributed by atoms with Gasteiger partial charge in [0.1, 0.15) is 23.2 Å². The number of amides is 2. The van der Waals surface area contributed by atoms with E-state index in [0.717, 1.165) is 0 Å². The summed E-state index contributed by atoms with van der Waals surface area (Å²) in [5.74, 6) is 1.05. The zero-order valence-corrected chi connectivity index (χ0v) is 12.9. The number of rotatable bonds is 6. The molecule has 0 saturated heterocycles. The van der Waals surface area contributed by atoms with Crippen molar-refractivity contribution in [2.75, 3.05) is 5.32 Å². The highest BCUT2D eigenvalue weighted by Gasteiger charge is 2.18. The summed E-state index contributed by atoms with van der Waals surface area (Å²) >= 11 is 0. The Morgan fingerprint density at radius 3 is 2.91 bits per heavy atom. The Labute approximate surface area is 128 Å². The van der Waals surface area contributed by atoms with Crippen LogP contribution in [0.1, 0.15) is 43.6 Å². The standard InChI is InChI=1S/C15H21N3O4/c1-4-11-14(10(3)22-18-11)17-15(20)16-9(2)8-12(19)13-6-5-7-21-13/h5-7,9,12,19H,4,8H2,1-3H3,(H2,16,17,20). The topological polar surface area (TPSA) is 101 Å². The van der Waals surface area contributed by atoms with Crippen molar-refractivity contribution < 1.29 is 18.8 Å². The Balaban J connectivity index is 1.87. The first-order chi connectivity index (χ1) is 10.5. The fourth-order valence-corrected chi connectivity index (χ4v) is 2.18. The average Bonchev–Trinajstić information content (AvgIpc) is 3.09. The van der Waals surface area contributed by atoms with Crippen molar-refractivity contribution in [2.24, 2.45) is 0 Å². The minimum atomic E-state index is -0.756. The Kier molecular flexibility index (Phi) is 5.21. The number of urea groups is 1. The molecule has 0 saturated carbocycles. The summed E-state index contributed by atoms with van der Waals surface area (Å²) < 4.78 is 10.2. The van der Waals surface area contributed by atoms with Crippen LogP contribution < -0.4 is 10.6 Å². The number of aromatic nitrogens is 1. The Morgan fingerprint density at radius 1 is 1.50 bits per heavy atom. The highest BCUT2D eigenvalue weighted by atomic mass is 16.5. The second-order valence-corrected chi connectivity index (χ2v) is 5.18. The summed E-state index contributed by atoms with van der Waals surface area (Å²) in [6, 6.07) is 2.82. The Morgan fingerprint density at radius 2 is 2.27 bits per heavy atom. The lowest BCUT2D eigenvalue weighted by Gasteiger charge is -2.17. The van der Waals surface area contributed by atoms with Crippen molar-refractivity contribution in [1.82, 2.24) is 10.5 Å². The maximum Gasteiger partial charge on any atom is 0.319 e. The van der Waals surface area contributed by atoms with E-state index >= 15 is 0 Å². The first-order valence-electron chi connectivity index (χ1n) is 7.25. The lowest BCUT2D eigenvalue weighted by atomic mass is 10.1. The molecule has 0 fully saturated rings. The van der Waals surface area contributed by atoms with Crippen molar-refractivity contribution in [3.8, 4) is 0 Å². The number of anilines is 1. The zero-order chi connectivity index (χ0) is 16.1. The van der Waals surface area contributed by atoms with Crippen LogP contribution in [0, 0.1) is 6.92 Å². The molecule has 0 aliphatic rings. The van der Waals surface area contributed by atoms with Crippen LogP contribution >= 0.6 is 0 Å². The molecule has 0 aliphatic heterocycles. The van der Waals surface area contributed by atoms with Gasteiger partial charge >= 0.3 is 6.03 Å². The normalized spacial score (nSPS) is 13.6. The van der Waals surface area contributed by atoms with E-state index < -0.39 is 6.10 Å². The quantitative estimate of drug-likeness (QED) is 0.762. The number of hydrogen-bond acceptors (Lipinski definition) is 5. The largest absolute Gasteiger partial charge is 0.467 e. The second kappa shape index (κ2) is 7.13. The molecule has 0 bridgehead atoms. The van der Waals surface area contributed by atoms with Gasteiger partial charge in [0.2, 0.25) is 0 Å². The fourth-order valence-electron chi connectivity index (χ4n) is 2.18. The van der Waals surface area contributed by atoms with E-state index in [4.69, 9.17) is 8.94 Å². The number of aryl methyl sites for hydroxylation is 2. The third kappa shape index (κ3) is 3.88. The molecule has 2 atom stereocenters. The lowest BCUT2D eigenvalue weighted by molar-refractivity contribution is 0.130. The van der Waals surface area contributed by atoms with E-state index in [9.17, 15) is 9.90 Å². The molecule has 0 spiro atoms. The molecule has 22 heavy (non-hydrogen) atoms. The molecule has 0 aromatic carbocycles. The van der Waals surface area contributed by atoms with Crippen molar-refractivity contribution in [2.45, 2.75) is 45.8 Å². The van der Waals surface area contributed by atoms with Crippen molar-refractivity contribution in [3.63, 3.8) is 0 Å². The number of carbonyl (C=O) groups excluding carboxylic acids is 1. The van der Waals surface area contributed by atoms with Crippen LogP contribution in [0.5, 0.6) is 0 Å². The van der Waals surface area contributed by atoms with Gasteiger partial charge < -0.3 is 24.7 Å². The van der Waals surface area contributed by atoms with Crippen molar-refractivity contribution in [1.29, 1.82) is 0 Å². The first kappa shape index (κ1) is 16.1. The van der Waals surface area contributed by atoms with Gasteiger partial charge in [-0.05, 0) is 32.4 Å². The Bertz CT molecular complexity index is 606. The molecule has 0 aliphatic carbocycles. The number of carbonyl (C=O) groups is 1. The minimum Gasteiger partial charge on any atom is -0.467 e. The third-order valence-corrected chi connectivity index (χ3v) is 3.33. The third-order valence-electron chi connectivity index (χ3n) is 3.33. The summed E-state index contributed by atoms with van der Waals surface area (Å²) in [5.41, 5.74) is 1.30. The summed E-state index contributed by atoms with van der Waals surface area (Å²) in [4.78, 5) is 12.0. The predicted octanol–water partition coefficient (Wildman–Crippen LogP) is 2.77. The lowest BCUT2D eigenvalue weighted by Crippen LogP contribution is -2.37. The van der Waals surface area contributed by atoms with E-state index in [2.05, 4.69) is 15.8 Å². The molecule has 2 unspecified atom stereocenters. The smallest absolute Gasteiger partial charge is 0.319 e. The van der Waals surface area contributed by atoms with Gasteiger partial charge in [-0.1, -0.05) is 12.1 Å². The summed E-state index contributed by atoms with van der Waals surface area (Å²) in [6.07, 6.45) is 1.77. The zero-order valence-electron chi connectivity index (χ0n) is 12.9. The molecule has 2 heterocycles. The highest BCUT2D eigenvalue weighted by molar-refractivity contribution is 5.90. The van der Waals surface area contributed by atoms with Crippen LogP contribution in [0.4, 0.5) is 10.5 Å². The van der Waals surface area contributed by atoms with Gasteiger partial charge in [0.15, 0.2) is 5.76 Å². The van der Waals surface area contributed by atoms with Gasteiger partial charge in [-0.3, -0.25) is 0 Å². The molecule has 3 N–H and O–H groups in total. The van der Waals surface area contributed by atoms with Gasteiger partial charge in [0, 0.05) is 12.5 Å². The molecular formula is C15H21N3O4. The minimum absolute atomic E-state index is 0.231. The van der Waals surface area contributed by atoms with Crippen LogP contribution in [-0.2, 0) is 6.42 Å². The number of aliphatic hydroxyl groups excluding tert-OH is 1. The van der Waals surface area contributed by atoms with Crippen LogP contribution in [0.15, 0.2) is 27.3 Å². The maximum absolute atomic E-state index is 12.0. The number of nitrogens with zero attached hydrogens (tertiary/aromatic N) is 1. The van der Waals surface area contributed by atoms with Gasteiger partial charge in [-0.15, -0.1) is 0 Å². The van der Waals surface area contributed by atoms with Gasteiger partial charge in [0.05, 0.1) is 6.26 Å². The Hall–Kier alpha value is -2.28. The molecule has 2 amide bonds. The van der Waals surface area contributed by atoms with E-state index in [1.807, 2.05) is 13.8 Å². The van der Waals surface area contributed by atoms with Crippen LogP contribution in [0.2, 0.25) is 0 Å². The van der Waals surface area contributed by atoms with Crippen LogP contribution in [0.3, 0.4) is 0 Å². The van der Waals surface area contributed by atoms with E-state index in [0.29, 0.717) is 35.7 Å². The number of nitrogens with one attached hydrogen (secondary N) is 2. The maximum atomic E-state index is 12.0. The van der Waals surface area contributed by atoms with Crippen molar-refractivity contribution >= 4 is 11.7 Å². The van der Waals surface area contributed by atoms with Gasteiger partial charge in [-0.25, -0.2) is 4.79 Å². The molecular weight excluding hydrogens is 286 g/mol. The van der Waals surface area contributed by atoms with Crippen LogP contribution in [-0.4, -0.2) is 22.3 Å². The van der Waals surface area contributed by atoms with E-state index in [1.54, 1.807) is 19.1 Å². The second-order valence-electron chi connectivity index (χ2n) is 5.18. The number of aliphatic hydroxyl groups is 1. The van der Waals surface area contributed by atoms with Gasteiger partial charge in [-0.2, -0.15) is 0 Å².